The fourth-order valence-corrected chi connectivity index (χ4v) is 3.30. The molecular weight excluding hydrogens is 434 g/mol. The lowest BCUT2D eigenvalue weighted by molar-refractivity contribution is -0.483. The number of furan rings is 1. The summed E-state index contributed by atoms with van der Waals surface area (Å²) in [5.74, 6) is -0.543. The number of para-hydroxylation sites is 1. The van der Waals surface area contributed by atoms with Crippen LogP contribution < -0.4 is 4.74 Å². The number of nitrogens with zero attached hydrogens (tertiary/aromatic N) is 1. The van der Waals surface area contributed by atoms with Crippen molar-refractivity contribution in [2.24, 2.45) is 0 Å². The van der Waals surface area contributed by atoms with Gasteiger partial charge in [-0.15, -0.1) is 0 Å². The Balaban J connectivity index is 0.00000168. The van der Waals surface area contributed by atoms with E-state index in [4.69, 9.17) is 13.9 Å². The molecule has 0 aliphatic rings. The van der Waals surface area contributed by atoms with Gasteiger partial charge in [-0.1, -0.05) is 72.7 Å². The third-order valence-electron chi connectivity index (χ3n) is 4.88. The number of rotatable bonds is 8. The van der Waals surface area contributed by atoms with E-state index in [2.05, 4.69) is 0 Å². The second kappa shape index (κ2) is 16.5. The van der Waals surface area contributed by atoms with Gasteiger partial charge in [0.25, 0.3) is 0 Å². The van der Waals surface area contributed by atoms with E-state index in [9.17, 15) is 14.9 Å². The van der Waals surface area contributed by atoms with Crippen molar-refractivity contribution in [2.45, 2.75) is 80.3 Å². The molecule has 0 aliphatic heterocycles. The van der Waals surface area contributed by atoms with Crippen LogP contribution in [0.4, 0.5) is 0 Å². The molecule has 2 aromatic carbocycles. The van der Waals surface area contributed by atoms with Gasteiger partial charge in [-0.3, -0.25) is 14.9 Å². The van der Waals surface area contributed by atoms with Gasteiger partial charge in [0.15, 0.2) is 11.3 Å². The highest BCUT2D eigenvalue weighted by atomic mass is 16.6. The number of hydrogen-bond donors (Lipinski definition) is 0. The van der Waals surface area contributed by atoms with Crippen molar-refractivity contribution in [3.8, 4) is 5.75 Å². The summed E-state index contributed by atoms with van der Waals surface area (Å²) < 4.78 is 16.8. The van der Waals surface area contributed by atoms with Crippen LogP contribution >= 0.6 is 0 Å². The number of fused-ring (bicyclic) bond motifs is 3. The first-order valence-electron chi connectivity index (χ1n) is 12.2. The maximum Gasteiger partial charge on any atom is 0.306 e. The van der Waals surface area contributed by atoms with Crippen LogP contribution in [0.1, 0.15) is 79.7 Å². The molecule has 0 N–H and O–H groups in total. The highest BCUT2D eigenvalue weighted by Gasteiger charge is 2.27. The van der Waals surface area contributed by atoms with Gasteiger partial charge in [-0.2, -0.15) is 0 Å². The van der Waals surface area contributed by atoms with Gasteiger partial charge in [-0.25, -0.2) is 0 Å². The molecule has 0 spiro atoms. The molecule has 0 aliphatic carbocycles. The Morgan fingerprint density at radius 3 is 2.24 bits per heavy atom. The minimum atomic E-state index is -0.636. The smallest absolute Gasteiger partial charge is 0.306 e. The second-order valence-electron chi connectivity index (χ2n) is 6.78. The van der Waals surface area contributed by atoms with E-state index in [1.807, 2.05) is 79.7 Å². The van der Waals surface area contributed by atoms with Gasteiger partial charge in [0.2, 0.25) is 6.54 Å². The number of carbonyl (C=O) groups excluding carboxylic acids is 1. The summed E-state index contributed by atoms with van der Waals surface area (Å²) in [5, 5.41) is 12.8. The molecule has 2 unspecified atom stereocenters. The van der Waals surface area contributed by atoms with E-state index in [1.165, 1.54) is 7.11 Å². The SMILES string of the molecule is CC.CC.CC.CCC(C)Oc1ccc(C(CC(=O)OC)C[N+](=O)[O-])c2c1oc1ccccc12. The topological polar surface area (TPSA) is 91.8 Å². The van der Waals surface area contributed by atoms with E-state index in [0.717, 1.165) is 17.2 Å². The van der Waals surface area contributed by atoms with Crippen LogP contribution in [0.3, 0.4) is 0 Å². The summed E-state index contributed by atoms with van der Waals surface area (Å²) in [4.78, 5) is 22.7. The summed E-state index contributed by atoms with van der Waals surface area (Å²) in [5.41, 5.74) is 1.88. The Morgan fingerprint density at radius 1 is 1.06 bits per heavy atom. The Hall–Kier alpha value is -3.09. The lowest BCUT2D eigenvalue weighted by Crippen LogP contribution is -2.17. The Kier molecular flexibility index (Phi) is 15.0. The van der Waals surface area contributed by atoms with Crippen LogP contribution in [-0.2, 0) is 9.53 Å². The molecule has 0 bridgehead atoms. The standard InChI is InChI=1S/C21H23NO6.3C2H6/c1-4-13(2)27-18-10-9-15(14(12-22(24)25)11-19(23)26-3)20-16-7-5-6-8-17(16)28-21(18)20;3*1-2/h5-10,13-14H,4,11-12H2,1-3H3;3*1-2H3. The highest BCUT2D eigenvalue weighted by molar-refractivity contribution is 6.09. The predicted octanol–water partition coefficient (Wildman–Crippen LogP) is 7.77. The minimum absolute atomic E-state index is 0.00750. The molecule has 1 aromatic heterocycles. The second-order valence-corrected chi connectivity index (χ2v) is 6.78. The molecule has 0 amide bonds. The van der Waals surface area contributed by atoms with Crippen LogP contribution in [0.2, 0.25) is 0 Å². The van der Waals surface area contributed by atoms with Gasteiger partial charge in [0.1, 0.15) is 5.58 Å². The van der Waals surface area contributed by atoms with Crippen molar-refractivity contribution in [1.82, 2.24) is 0 Å². The fraction of sp³-hybridized carbons (Fsp3) is 0.519. The van der Waals surface area contributed by atoms with Crippen LogP contribution in [-0.4, -0.2) is 30.7 Å². The lowest BCUT2D eigenvalue weighted by atomic mass is 9.91. The molecule has 0 saturated heterocycles. The Bertz CT molecular complexity index is 1010. The zero-order chi connectivity index (χ0) is 26.3. The molecule has 0 saturated carbocycles. The molecule has 0 fully saturated rings. The maximum atomic E-state index is 11.9. The number of benzene rings is 2. The van der Waals surface area contributed by atoms with Crippen molar-refractivity contribution < 1.29 is 23.6 Å². The van der Waals surface area contributed by atoms with Gasteiger partial charge < -0.3 is 13.9 Å². The quantitative estimate of drug-likeness (QED) is 0.188. The molecule has 7 heteroatoms. The summed E-state index contributed by atoms with van der Waals surface area (Å²) in [6.07, 6.45) is 0.736. The number of hydrogen-bond acceptors (Lipinski definition) is 6. The summed E-state index contributed by atoms with van der Waals surface area (Å²) in [7, 11) is 1.28. The van der Waals surface area contributed by atoms with Crippen molar-refractivity contribution in [2.75, 3.05) is 13.7 Å². The van der Waals surface area contributed by atoms with E-state index < -0.39 is 16.8 Å². The highest BCUT2D eigenvalue weighted by Crippen LogP contribution is 2.41. The number of esters is 1. The number of carbonyl (C=O) groups is 1. The van der Waals surface area contributed by atoms with E-state index in [0.29, 0.717) is 22.5 Å². The molecule has 190 valence electrons. The van der Waals surface area contributed by atoms with Gasteiger partial charge in [0.05, 0.1) is 25.6 Å². The first kappa shape index (κ1) is 30.9. The first-order chi connectivity index (χ1) is 16.4. The van der Waals surface area contributed by atoms with Crippen LogP contribution in [0, 0.1) is 10.1 Å². The molecule has 34 heavy (non-hydrogen) atoms. The van der Waals surface area contributed by atoms with Crippen molar-refractivity contribution in [1.29, 1.82) is 0 Å². The van der Waals surface area contributed by atoms with E-state index >= 15 is 0 Å². The average Bonchev–Trinajstić information content (AvgIpc) is 3.27. The first-order valence-corrected chi connectivity index (χ1v) is 12.2. The number of nitro groups is 1. The molecule has 7 nitrogen and oxygen atoms in total. The number of ether oxygens (including phenoxy) is 2. The van der Waals surface area contributed by atoms with E-state index in [1.54, 1.807) is 12.1 Å². The normalized spacial score (nSPS) is 11.6. The van der Waals surface area contributed by atoms with Gasteiger partial charge in [0, 0.05) is 15.7 Å². The van der Waals surface area contributed by atoms with Crippen LogP contribution in [0.5, 0.6) is 5.75 Å². The summed E-state index contributed by atoms with van der Waals surface area (Å²) in [6, 6.07) is 11.0. The van der Waals surface area contributed by atoms with Crippen molar-refractivity contribution >= 4 is 27.9 Å². The zero-order valence-electron chi connectivity index (χ0n) is 22.1. The van der Waals surface area contributed by atoms with Crippen molar-refractivity contribution in [3.05, 3.63) is 52.1 Å². The molecular formula is C27H41NO6. The average molecular weight is 476 g/mol. The minimum Gasteiger partial charge on any atom is -0.487 e. The molecule has 3 aromatic rings. The maximum absolute atomic E-state index is 11.9. The number of methoxy groups -OCH3 is 1. The van der Waals surface area contributed by atoms with Crippen LogP contribution in [0.25, 0.3) is 21.9 Å². The Labute approximate surface area is 203 Å². The molecule has 0 radical (unpaired) electrons. The summed E-state index contributed by atoms with van der Waals surface area (Å²) >= 11 is 0. The molecule has 2 atom stereocenters. The van der Waals surface area contributed by atoms with Crippen LogP contribution in [0.15, 0.2) is 40.8 Å². The molecule has 1 heterocycles. The van der Waals surface area contributed by atoms with Gasteiger partial charge in [-0.05, 0) is 31.0 Å². The monoisotopic (exact) mass is 475 g/mol. The van der Waals surface area contributed by atoms with Gasteiger partial charge >= 0.3 is 5.97 Å². The fourth-order valence-electron chi connectivity index (χ4n) is 3.30. The molecule has 3 rings (SSSR count). The third kappa shape index (κ3) is 8.04. The third-order valence-corrected chi connectivity index (χ3v) is 4.88. The largest absolute Gasteiger partial charge is 0.487 e. The van der Waals surface area contributed by atoms with Crippen molar-refractivity contribution in [3.63, 3.8) is 0 Å². The Morgan fingerprint density at radius 2 is 1.68 bits per heavy atom. The predicted molar refractivity (Wildman–Crippen MR) is 139 cm³/mol. The van der Waals surface area contributed by atoms with E-state index in [-0.39, 0.29) is 19.1 Å². The summed E-state index contributed by atoms with van der Waals surface area (Å²) in [6.45, 7) is 15.6. The zero-order valence-corrected chi connectivity index (χ0v) is 22.1. The lowest BCUT2D eigenvalue weighted by Gasteiger charge is -2.17.